The van der Waals surface area contributed by atoms with Crippen LogP contribution >= 0.6 is 24.8 Å². The lowest BCUT2D eigenvalue weighted by molar-refractivity contribution is 0.0377. The number of nitrogens with zero attached hydrogens (tertiary/aromatic N) is 1. The molecule has 0 bridgehead atoms. The molecule has 0 aromatic carbocycles. The third-order valence-electron chi connectivity index (χ3n) is 1.34. The van der Waals surface area contributed by atoms with E-state index >= 15 is 0 Å². The first-order chi connectivity index (χ1) is 6.09. The highest BCUT2D eigenvalue weighted by Crippen LogP contribution is 2.06. The lowest BCUT2D eigenvalue weighted by Gasteiger charge is -2.07. The summed E-state index contributed by atoms with van der Waals surface area (Å²) in [5, 5.41) is 0. The number of halogens is 2. The first-order valence-electron chi connectivity index (χ1n) is 4.01. The van der Waals surface area contributed by atoms with Gasteiger partial charge in [0.05, 0.1) is 17.4 Å². The fourth-order valence-corrected chi connectivity index (χ4v) is 0.851. The number of nitrogen functional groups attached to an aromatic ring is 1. The summed E-state index contributed by atoms with van der Waals surface area (Å²) in [5.41, 5.74) is 6.30. The quantitative estimate of drug-likeness (QED) is 0.819. The van der Waals surface area contributed by atoms with Gasteiger partial charge in [-0.25, -0.2) is 4.79 Å². The number of aromatic nitrogens is 1. The van der Waals surface area contributed by atoms with Crippen LogP contribution in [0.15, 0.2) is 18.5 Å². The number of carbonyl (C=O) groups is 1. The van der Waals surface area contributed by atoms with Crippen molar-refractivity contribution >= 4 is 36.5 Å². The van der Waals surface area contributed by atoms with Gasteiger partial charge in [0.2, 0.25) is 0 Å². The van der Waals surface area contributed by atoms with E-state index in [-0.39, 0.29) is 30.9 Å². The lowest BCUT2D eigenvalue weighted by Crippen LogP contribution is -2.12. The average molecular weight is 253 g/mol. The van der Waals surface area contributed by atoms with Crippen molar-refractivity contribution in [3.63, 3.8) is 0 Å². The second kappa shape index (κ2) is 7.31. The van der Waals surface area contributed by atoms with E-state index in [1.807, 2.05) is 0 Å². The largest absolute Gasteiger partial charge is 0.459 e. The molecule has 1 rings (SSSR count). The molecule has 1 heterocycles. The van der Waals surface area contributed by atoms with E-state index in [1.54, 1.807) is 13.8 Å². The molecule has 0 aliphatic carbocycles. The van der Waals surface area contributed by atoms with Crippen LogP contribution in [0.3, 0.4) is 0 Å². The maximum absolute atomic E-state index is 11.3. The first kappa shape index (κ1) is 16.4. The summed E-state index contributed by atoms with van der Waals surface area (Å²) >= 11 is 0. The number of pyridine rings is 1. The fraction of sp³-hybridized carbons (Fsp3) is 0.333. The van der Waals surface area contributed by atoms with E-state index in [1.165, 1.54) is 18.5 Å². The minimum Gasteiger partial charge on any atom is -0.459 e. The van der Waals surface area contributed by atoms with Gasteiger partial charge < -0.3 is 10.5 Å². The van der Waals surface area contributed by atoms with Crippen molar-refractivity contribution in [1.82, 2.24) is 4.98 Å². The summed E-state index contributed by atoms with van der Waals surface area (Å²) < 4.78 is 4.96. The fourth-order valence-electron chi connectivity index (χ4n) is 0.851. The average Bonchev–Trinajstić information content (AvgIpc) is 2.03. The number of ether oxygens (including phenoxy) is 1. The predicted octanol–water partition coefficient (Wildman–Crippen LogP) is 2.07. The Balaban J connectivity index is 0. The Morgan fingerprint density at radius 3 is 2.47 bits per heavy atom. The van der Waals surface area contributed by atoms with E-state index in [4.69, 9.17) is 10.5 Å². The summed E-state index contributed by atoms with van der Waals surface area (Å²) in [5.74, 6) is -0.394. The highest BCUT2D eigenvalue weighted by Gasteiger charge is 2.08. The van der Waals surface area contributed by atoms with Gasteiger partial charge in [0.25, 0.3) is 0 Å². The topological polar surface area (TPSA) is 65.2 Å². The number of hydrogen-bond donors (Lipinski definition) is 1. The van der Waals surface area contributed by atoms with E-state index in [2.05, 4.69) is 4.98 Å². The molecule has 0 amide bonds. The minimum absolute atomic E-state index is 0. The maximum atomic E-state index is 11.3. The van der Waals surface area contributed by atoms with Crippen LogP contribution in [0, 0.1) is 0 Å². The molecule has 0 unspecified atom stereocenters. The smallest absolute Gasteiger partial charge is 0.340 e. The number of nitrogens with two attached hydrogens (primary N) is 1. The molecule has 0 fully saturated rings. The van der Waals surface area contributed by atoms with Gasteiger partial charge in [-0.1, -0.05) is 0 Å². The van der Waals surface area contributed by atoms with E-state index < -0.39 is 5.97 Å². The molecule has 0 saturated carbocycles. The van der Waals surface area contributed by atoms with Crippen molar-refractivity contribution < 1.29 is 9.53 Å². The molecule has 0 aliphatic rings. The van der Waals surface area contributed by atoms with Gasteiger partial charge in [-0.05, 0) is 19.9 Å². The van der Waals surface area contributed by atoms with Crippen molar-refractivity contribution in [2.24, 2.45) is 0 Å². The van der Waals surface area contributed by atoms with Crippen LogP contribution in [0.5, 0.6) is 0 Å². The zero-order chi connectivity index (χ0) is 9.84. The number of rotatable bonds is 2. The summed E-state index contributed by atoms with van der Waals surface area (Å²) in [7, 11) is 0. The standard InChI is InChI=1S/C9H12N2O2.2ClH/c1-6(2)13-9(12)7-3-8(10)5-11-4-7;;/h3-6H,10H2,1-2H3;2*1H. The van der Waals surface area contributed by atoms with Crippen LogP contribution in [0.2, 0.25) is 0 Å². The number of hydrogen-bond acceptors (Lipinski definition) is 4. The molecule has 1 aromatic rings. The third kappa shape index (κ3) is 5.44. The zero-order valence-corrected chi connectivity index (χ0v) is 10.1. The molecule has 15 heavy (non-hydrogen) atoms. The Bertz CT molecular complexity index is 319. The van der Waals surface area contributed by atoms with Crippen LogP contribution in [0.25, 0.3) is 0 Å². The molecule has 4 nitrogen and oxygen atoms in total. The Morgan fingerprint density at radius 1 is 1.40 bits per heavy atom. The molecule has 6 heteroatoms. The van der Waals surface area contributed by atoms with Crippen molar-refractivity contribution in [2.75, 3.05) is 5.73 Å². The second-order valence-electron chi connectivity index (χ2n) is 2.96. The Kier molecular flexibility index (Phi) is 8.01. The van der Waals surface area contributed by atoms with E-state index in [0.29, 0.717) is 11.3 Å². The Labute approximate surface area is 101 Å². The molecule has 86 valence electrons. The van der Waals surface area contributed by atoms with Crippen molar-refractivity contribution in [3.05, 3.63) is 24.0 Å². The summed E-state index contributed by atoms with van der Waals surface area (Å²) in [6.45, 7) is 3.58. The van der Waals surface area contributed by atoms with Gasteiger partial charge in [-0.2, -0.15) is 0 Å². The molecule has 1 aromatic heterocycles. The number of carbonyl (C=O) groups excluding carboxylic acids is 1. The van der Waals surface area contributed by atoms with E-state index in [0.717, 1.165) is 0 Å². The summed E-state index contributed by atoms with van der Waals surface area (Å²) in [6.07, 6.45) is 2.78. The normalized spacial score (nSPS) is 8.73. The van der Waals surface area contributed by atoms with Crippen LogP contribution in [0.1, 0.15) is 24.2 Å². The van der Waals surface area contributed by atoms with Gasteiger partial charge in [-0.15, -0.1) is 24.8 Å². The zero-order valence-electron chi connectivity index (χ0n) is 8.47. The van der Waals surface area contributed by atoms with Crippen molar-refractivity contribution in [2.45, 2.75) is 20.0 Å². The predicted molar refractivity (Wildman–Crippen MR) is 63.7 cm³/mol. The van der Waals surface area contributed by atoms with Crippen LogP contribution < -0.4 is 5.73 Å². The molecule has 2 N–H and O–H groups in total. The van der Waals surface area contributed by atoms with Crippen LogP contribution in [-0.2, 0) is 4.74 Å². The van der Waals surface area contributed by atoms with Crippen LogP contribution in [0.4, 0.5) is 5.69 Å². The monoisotopic (exact) mass is 252 g/mol. The molecule has 0 spiro atoms. The van der Waals surface area contributed by atoms with Crippen LogP contribution in [-0.4, -0.2) is 17.1 Å². The van der Waals surface area contributed by atoms with Gasteiger partial charge >= 0.3 is 5.97 Å². The molecule has 0 aliphatic heterocycles. The summed E-state index contributed by atoms with van der Waals surface area (Å²) in [6, 6.07) is 1.54. The third-order valence-corrected chi connectivity index (χ3v) is 1.34. The van der Waals surface area contributed by atoms with Crippen molar-refractivity contribution in [3.8, 4) is 0 Å². The van der Waals surface area contributed by atoms with Gasteiger partial charge in [0.1, 0.15) is 0 Å². The molecule has 0 atom stereocenters. The SMILES string of the molecule is CC(C)OC(=O)c1cncc(N)c1.Cl.Cl. The second-order valence-corrected chi connectivity index (χ2v) is 2.96. The van der Waals surface area contributed by atoms with Gasteiger partial charge in [0.15, 0.2) is 0 Å². The number of esters is 1. The number of anilines is 1. The summed E-state index contributed by atoms with van der Waals surface area (Å²) in [4.78, 5) is 15.1. The molecule has 0 radical (unpaired) electrons. The highest BCUT2D eigenvalue weighted by molar-refractivity contribution is 5.90. The van der Waals surface area contributed by atoms with E-state index in [9.17, 15) is 4.79 Å². The highest BCUT2D eigenvalue weighted by atomic mass is 35.5. The Hall–Kier alpha value is -1.00. The lowest BCUT2D eigenvalue weighted by atomic mass is 10.2. The minimum atomic E-state index is -0.394. The molecule has 0 saturated heterocycles. The van der Waals surface area contributed by atoms with Gasteiger partial charge in [0, 0.05) is 12.4 Å². The molecular formula is C9H14Cl2N2O2. The van der Waals surface area contributed by atoms with Gasteiger partial charge in [-0.3, -0.25) is 4.98 Å². The maximum Gasteiger partial charge on any atom is 0.340 e. The van der Waals surface area contributed by atoms with Crippen molar-refractivity contribution in [1.29, 1.82) is 0 Å². The molecular weight excluding hydrogens is 239 g/mol. The first-order valence-corrected chi connectivity index (χ1v) is 4.01. The Morgan fingerprint density at radius 2 is 2.00 bits per heavy atom.